The molecule has 0 aromatic heterocycles. The van der Waals surface area contributed by atoms with Crippen LogP contribution in [0.1, 0.15) is 115 Å². The molecule has 0 bridgehead atoms. The second-order valence-corrected chi connectivity index (χ2v) is 22.3. The van der Waals surface area contributed by atoms with Gasteiger partial charge in [-0.1, -0.05) is 12.1 Å². The minimum atomic E-state index is -1.71. The van der Waals surface area contributed by atoms with Gasteiger partial charge in [-0.05, 0) is 127 Å². The standard InChI is InChI=1S/C56H103N29O12/c57-22-2-1-10-33(82-49(95)40(29-30-16-18-31(86)19-17-30)85-42(88)32(58)9-3-23-72-51(60)61)43(89)78-34(11-4-24-73-52(62)63)44(90)79-36(13-6-26-75-54(66)67)46(92)83-38(20-21-41(59)87)48(94)81-35(12-5-25-74-53(64)65)45(91)80-37(14-7-27-76-55(68)69)47(93)84-39(50(96)97)15-8-28-77-56(70)71/h16-19,32-40,86H,1-15,20-29,57-58H2,(H2,59,87)(H,78,89)(H,79,90)(H,80,91)(H,81,94)(H,82,95)(H,83,92)(H,84,93)(H,85,88)(H,96,97)(H4,60,61,72)(H4,62,63,73)(H4,64,65,74)(H4,66,67,75)(H4,68,69,76)(H4,70,71,77)/t32-,33+,34+,35+,36-,37+,38+,39-,40+/m1/s1. The van der Waals surface area contributed by atoms with E-state index in [1.165, 1.54) is 24.3 Å². The van der Waals surface area contributed by atoms with E-state index in [-0.39, 0.29) is 177 Å². The number of rotatable bonds is 50. The van der Waals surface area contributed by atoms with Crippen LogP contribution in [0.15, 0.2) is 54.2 Å². The van der Waals surface area contributed by atoms with Gasteiger partial charge in [0.25, 0.3) is 0 Å². The van der Waals surface area contributed by atoms with Gasteiger partial charge in [-0.25, -0.2) is 4.79 Å². The molecule has 0 aliphatic rings. The Balaban J connectivity index is 3.88. The van der Waals surface area contributed by atoms with Crippen molar-refractivity contribution < 1.29 is 58.2 Å². The number of phenols is 1. The number of primary amides is 1. The zero-order chi connectivity index (χ0) is 73.0. The molecule has 0 radical (unpaired) electrons. The lowest BCUT2D eigenvalue weighted by Gasteiger charge is -2.28. The lowest BCUT2D eigenvalue weighted by Crippen LogP contribution is -2.60. The molecule has 0 saturated heterocycles. The highest BCUT2D eigenvalue weighted by Gasteiger charge is 2.35. The topological polar surface area (TPSA) is 772 Å². The van der Waals surface area contributed by atoms with E-state index in [0.29, 0.717) is 18.4 Å². The number of aliphatic imine (C=N–C) groups is 6. The van der Waals surface area contributed by atoms with E-state index in [1.54, 1.807) is 0 Å². The minimum absolute atomic E-state index is 0.000185. The zero-order valence-corrected chi connectivity index (χ0v) is 54.5. The molecule has 0 saturated carbocycles. The van der Waals surface area contributed by atoms with Gasteiger partial charge in [0, 0.05) is 52.1 Å². The van der Waals surface area contributed by atoms with Crippen LogP contribution in [0.25, 0.3) is 0 Å². The summed E-state index contributed by atoms with van der Waals surface area (Å²) in [5.41, 5.74) is 84.0. The molecule has 1 aromatic rings. The summed E-state index contributed by atoms with van der Waals surface area (Å²) < 4.78 is 0. The zero-order valence-electron chi connectivity index (χ0n) is 54.5. The van der Waals surface area contributed by atoms with Crippen molar-refractivity contribution in [1.82, 2.24) is 42.5 Å². The van der Waals surface area contributed by atoms with E-state index in [1.807, 2.05) is 0 Å². The number of guanidine groups is 6. The van der Waals surface area contributed by atoms with Crippen molar-refractivity contribution in [1.29, 1.82) is 0 Å². The molecule has 9 atom stereocenters. The number of nitrogens with one attached hydrogen (secondary N) is 8. The van der Waals surface area contributed by atoms with Crippen LogP contribution in [-0.4, -0.2) is 205 Å². The van der Waals surface area contributed by atoms with Crippen molar-refractivity contribution in [3.63, 3.8) is 0 Å². The molecule has 97 heavy (non-hydrogen) atoms. The van der Waals surface area contributed by atoms with E-state index in [9.17, 15) is 58.2 Å². The SMILES string of the molecule is NCCCC[C@H](NC(=O)[C@H](Cc1ccc(O)cc1)NC(=O)[C@H](N)CCCN=C(N)N)C(=O)N[C@@H](CCCN=C(N)N)C(=O)N[C@H](CCCN=C(N)N)C(=O)N[C@@H](CCC(N)=O)C(=O)N[C@@H](CCCN=C(N)N)C(=O)N[C@@H](CCCN=C(N)N)C(=O)N[C@H](CCCN=C(N)N)C(=O)O. The smallest absolute Gasteiger partial charge is 0.326 e. The molecule has 544 valence electrons. The highest BCUT2D eigenvalue weighted by Crippen LogP contribution is 2.15. The normalized spacial score (nSPS) is 13.5. The number of amides is 9. The van der Waals surface area contributed by atoms with Crippen LogP contribution in [0.3, 0.4) is 0 Å². The third kappa shape index (κ3) is 38.9. The Hall–Kier alpha value is -10.7. The predicted octanol–water partition coefficient (Wildman–Crippen LogP) is -10.1. The van der Waals surface area contributed by atoms with E-state index >= 15 is 0 Å². The molecule has 0 aliphatic heterocycles. The van der Waals surface area contributed by atoms with Crippen molar-refractivity contribution in [3.05, 3.63) is 29.8 Å². The van der Waals surface area contributed by atoms with E-state index < -0.39 is 126 Å². The van der Waals surface area contributed by atoms with Crippen molar-refractivity contribution in [2.24, 2.45) is 116 Å². The summed E-state index contributed by atoms with van der Waals surface area (Å²) in [6.45, 7) is 0.151. The fourth-order valence-corrected chi connectivity index (χ4v) is 9.08. The third-order valence-corrected chi connectivity index (χ3v) is 14.1. The maximum absolute atomic E-state index is 14.7. The number of carboxylic acid groups (broad SMARTS) is 1. The number of nitrogens with zero attached hydrogens (tertiary/aromatic N) is 6. The molecule has 1 rings (SSSR count). The lowest BCUT2D eigenvalue weighted by atomic mass is 10.0. The van der Waals surface area contributed by atoms with Crippen molar-refractivity contribution in [2.45, 2.75) is 170 Å². The van der Waals surface area contributed by atoms with Crippen LogP contribution in [0.2, 0.25) is 0 Å². The molecule has 0 aliphatic carbocycles. The first-order valence-electron chi connectivity index (χ1n) is 31.3. The number of hydrogen-bond donors (Lipinski definition) is 25. The number of aromatic hydroxyl groups is 1. The average Bonchev–Trinajstić information content (AvgIpc) is 1.05. The van der Waals surface area contributed by atoms with Crippen molar-refractivity contribution in [3.8, 4) is 5.75 Å². The van der Waals surface area contributed by atoms with Crippen LogP contribution in [0, 0.1) is 0 Å². The van der Waals surface area contributed by atoms with Crippen LogP contribution >= 0.6 is 0 Å². The monoisotopic (exact) mass is 1370 g/mol. The fourth-order valence-electron chi connectivity index (χ4n) is 9.08. The van der Waals surface area contributed by atoms with Gasteiger partial charge in [0.05, 0.1) is 6.04 Å². The molecule has 0 spiro atoms. The number of phenolic OH excluding ortho intramolecular Hbond substituents is 1. The number of benzene rings is 1. The van der Waals surface area contributed by atoms with Gasteiger partial charge in [-0.15, -0.1) is 0 Å². The Kier molecular flexibility index (Phi) is 41.0. The fraction of sp³-hybridized carbons (Fsp3) is 0.607. The molecule has 0 heterocycles. The number of carboxylic acids is 1. The van der Waals surface area contributed by atoms with Gasteiger partial charge in [0.15, 0.2) is 35.8 Å². The van der Waals surface area contributed by atoms with Crippen molar-refractivity contribution in [2.75, 3.05) is 45.8 Å². The Labute approximate surface area is 561 Å². The minimum Gasteiger partial charge on any atom is -0.508 e. The Morgan fingerprint density at radius 1 is 0.340 bits per heavy atom. The number of hydrogen-bond acceptors (Lipinski definition) is 19. The summed E-state index contributed by atoms with van der Waals surface area (Å²) in [4.78, 5) is 163. The Morgan fingerprint density at radius 3 is 0.887 bits per heavy atom. The molecular weight excluding hydrogens is 1270 g/mol. The number of unbranched alkanes of at least 4 members (excludes halogenated alkanes) is 1. The van der Waals surface area contributed by atoms with Gasteiger partial charge >= 0.3 is 5.97 Å². The highest BCUT2D eigenvalue weighted by atomic mass is 16.4. The third-order valence-electron chi connectivity index (χ3n) is 14.1. The van der Waals surface area contributed by atoms with E-state index in [0.717, 1.165) is 0 Å². The van der Waals surface area contributed by atoms with Crippen LogP contribution < -0.4 is 129 Å². The molecule has 40 N–H and O–H groups in total. The molecule has 41 heteroatoms. The second-order valence-electron chi connectivity index (χ2n) is 22.3. The molecule has 0 unspecified atom stereocenters. The first-order chi connectivity index (χ1) is 45.8. The maximum atomic E-state index is 14.7. The van der Waals surface area contributed by atoms with Gasteiger partial charge in [-0.3, -0.25) is 73.1 Å². The van der Waals surface area contributed by atoms with Gasteiger partial charge in [-0.2, -0.15) is 0 Å². The highest BCUT2D eigenvalue weighted by molar-refractivity contribution is 5.98. The van der Waals surface area contributed by atoms with Crippen LogP contribution in [0.4, 0.5) is 0 Å². The first kappa shape index (κ1) is 84.3. The Bertz CT molecular complexity index is 2870. The average molecular weight is 1370 g/mol. The van der Waals surface area contributed by atoms with E-state index in [2.05, 4.69) is 72.5 Å². The number of carbonyl (C=O) groups is 10. The maximum Gasteiger partial charge on any atom is 0.326 e. The molecule has 0 fully saturated rings. The largest absolute Gasteiger partial charge is 0.508 e. The van der Waals surface area contributed by atoms with Crippen LogP contribution in [-0.2, 0) is 54.4 Å². The summed E-state index contributed by atoms with van der Waals surface area (Å²) in [6, 6.07) is -7.46. The van der Waals surface area contributed by atoms with Gasteiger partial charge in [0.1, 0.15) is 54.1 Å². The summed E-state index contributed by atoms with van der Waals surface area (Å²) in [6.07, 6.45) is -0.864. The van der Waals surface area contributed by atoms with Gasteiger partial charge in [0.2, 0.25) is 53.2 Å². The summed E-state index contributed by atoms with van der Waals surface area (Å²) in [7, 11) is 0. The van der Waals surface area contributed by atoms with E-state index in [4.69, 9.17) is 86.0 Å². The number of carbonyl (C=O) groups excluding carboxylic acids is 9. The number of nitrogens with two attached hydrogens (primary N) is 15. The lowest BCUT2D eigenvalue weighted by molar-refractivity contribution is -0.142. The second kappa shape index (κ2) is 47.2. The van der Waals surface area contributed by atoms with Crippen molar-refractivity contribution >= 4 is 94.9 Å². The predicted molar refractivity (Wildman–Crippen MR) is 364 cm³/mol. The molecule has 9 amide bonds. The summed E-state index contributed by atoms with van der Waals surface area (Å²) >= 11 is 0. The Morgan fingerprint density at radius 2 is 0.598 bits per heavy atom. The number of aliphatic carboxylic acids is 1. The van der Waals surface area contributed by atoms with Gasteiger partial charge < -0.3 is 139 Å². The molecular formula is C56H103N29O12. The quantitative estimate of drug-likeness (QED) is 0.0164. The molecule has 41 nitrogen and oxygen atoms in total. The summed E-state index contributed by atoms with van der Waals surface area (Å²) in [5.74, 6) is -11.5. The summed E-state index contributed by atoms with van der Waals surface area (Å²) in [5, 5.41) is 40.6. The molecule has 1 aromatic carbocycles. The first-order valence-corrected chi connectivity index (χ1v) is 31.3. The van der Waals surface area contributed by atoms with Crippen LogP contribution in [0.5, 0.6) is 5.75 Å².